The van der Waals surface area contributed by atoms with E-state index in [1.54, 1.807) is 12.4 Å². The number of rotatable bonds is 7. The maximum absolute atomic E-state index is 12.8. The number of aryl methyl sites for hydroxylation is 1. The van der Waals surface area contributed by atoms with Crippen LogP contribution >= 0.6 is 12.2 Å². The number of ether oxygens (including phenoxy) is 1. The molecule has 1 amide bonds. The number of fused-ring (bicyclic) bond motifs is 1. The highest BCUT2D eigenvalue weighted by Gasteiger charge is 2.30. The summed E-state index contributed by atoms with van der Waals surface area (Å²) in [5, 5.41) is 2.89. The van der Waals surface area contributed by atoms with Gasteiger partial charge >= 0.3 is 6.09 Å². The number of nitrogens with two attached hydrogens (primary N) is 1. The minimum Gasteiger partial charge on any atom is -0.378 e. The number of piperazine rings is 1. The van der Waals surface area contributed by atoms with Crippen molar-refractivity contribution in [3.63, 3.8) is 0 Å². The highest BCUT2D eigenvalue weighted by atomic mass is 32.2. The van der Waals surface area contributed by atoms with Gasteiger partial charge in [0.05, 0.1) is 18.9 Å². The molecule has 6 rings (SSSR count). The molecule has 0 radical (unpaired) electrons. The van der Waals surface area contributed by atoms with Crippen molar-refractivity contribution >= 4 is 47.4 Å². The monoisotopic (exact) mass is 592 g/mol. The molecule has 0 spiro atoms. The molecule has 2 saturated heterocycles. The number of hydrogen-bond donors (Lipinski definition) is 2. The smallest absolute Gasteiger partial charge is 0.378 e. The Morgan fingerprint density at radius 1 is 1.05 bits per heavy atom. The van der Waals surface area contributed by atoms with E-state index in [1.165, 1.54) is 5.69 Å². The Morgan fingerprint density at radius 3 is 2.52 bits per heavy atom. The number of carbonyl (C=O) groups excluding carboxylic acids is 1. The largest absolute Gasteiger partial charge is 0.425 e. The topological polar surface area (TPSA) is 138 Å². The highest BCUT2D eigenvalue weighted by Crippen LogP contribution is 2.38. The summed E-state index contributed by atoms with van der Waals surface area (Å²) >= 11 is 0.973. The van der Waals surface area contributed by atoms with Gasteiger partial charge in [-0.25, -0.2) is 19.7 Å². The molecule has 0 bridgehead atoms. The van der Waals surface area contributed by atoms with Crippen molar-refractivity contribution in [1.82, 2.24) is 24.8 Å². The van der Waals surface area contributed by atoms with Crippen LogP contribution in [0.4, 0.5) is 33.9 Å². The Bertz CT molecular complexity index is 1410. The molecule has 0 saturated carbocycles. The minimum absolute atomic E-state index is 0.203. The van der Waals surface area contributed by atoms with Gasteiger partial charge in [-0.05, 0) is 43.7 Å². The van der Waals surface area contributed by atoms with Crippen LogP contribution in [-0.4, -0.2) is 96.5 Å². The van der Waals surface area contributed by atoms with E-state index in [4.69, 9.17) is 24.6 Å². The average Bonchev–Trinajstić information content (AvgIpc) is 3.44. The number of amides is 1. The van der Waals surface area contributed by atoms with Crippen molar-refractivity contribution in [3.8, 4) is 11.3 Å². The third kappa shape index (κ3) is 6.15. The zero-order valence-corrected chi connectivity index (χ0v) is 24.8. The van der Waals surface area contributed by atoms with Gasteiger partial charge in [0.25, 0.3) is 0 Å². The number of nitrogens with one attached hydrogen (secondary N) is 1. The van der Waals surface area contributed by atoms with Crippen LogP contribution in [0.2, 0.25) is 0 Å². The Morgan fingerprint density at radius 2 is 1.81 bits per heavy atom. The van der Waals surface area contributed by atoms with Gasteiger partial charge in [-0.1, -0.05) is 6.92 Å². The molecule has 0 aliphatic carbocycles. The second-order valence-corrected chi connectivity index (χ2v) is 11.2. The lowest BCUT2D eigenvalue weighted by molar-refractivity contribution is 0.122. The number of aromatic nitrogens is 4. The van der Waals surface area contributed by atoms with Crippen LogP contribution in [0.15, 0.2) is 30.6 Å². The molecule has 5 heterocycles. The Kier molecular flexibility index (Phi) is 8.44. The molecule has 2 fully saturated rings. The third-order valence-electron chi connectivity index (χ3n) is 7.85. The van der Waals surface area contributed by atoms with Crippen LogP contribution in [-0.2, 0) is 15.3 Å². The molecule has 0 unspecified atom stereocenters. The van der Waals surface area contributed by atoms with E-state index in [0.717, 1.165) is 73.0 Å². The van der Waals surface area contributed by atoms with E-state index in [1.807, 2.05) is 17.3 Å². The molecule has 14 heteroatoms. The van der Waals surface area contributed by atoms with E-state index >= 15 is 0 Å². The molecule has 1 aromatic carbocycles. The Labute approximate surface area is 249 Å². The van der Waals surface area contributed by atoms with Crippen molar-refractivity contribution in [2.75, 3.05) is 90.7 Å². The lowest BCUT2D eigenvalue weighted by Crippen LogP contribution is -2.46. The summed E-state index contributed by atoms with van der Waals surface area (Å²) in [4.78, 5) is 37.9. The molecule has 3 aliphatic rings. The fourth-order valence-electron chi connectivity index (χ4n) is 5.41. The van der Waals surface area contributed by atoms with E-state index in [2.05, 4.69) is 49.0 Å². The van der Waals surface area contributed by atoms with Gasteiger partial charge in [0.1, 0.15) is 0 Å². The summed E-state index contributed by atoms with van der Waals surface area (Å²) in [6, 6.07) is 6.12. The second-order valence-electron chi connectivity index (χ2n) is 10.4. The van der Waals surface area contributed by atoms with Gasteiger partial charge < -0.3 is 29.4 Å². The number of nitrogens with zero attached hydrogens (tertiary/aromatic N) is 8. The third-order valence-corrected chi connectivity index (χ3v) is 8.61. The van der Waals surface area contributed by atoms with E-state index < -0.39 is 6.09 Å². The first-order valence-corrected chi connectivity index (χ1v) is 15.0. The van der Waals surface area contributed by atoms with Gasteiger partial charge in [-0.2, -0.15) is 4.98 Å². The van der Waals surface area contributed by atoms with Crippen molar-refractivity contribution in [3.05, 3.63) is 41.7 Å². The van der Waals surface area contributed by atoms with Gasteiger partial charge in [-0.15, -0.1) is 0 Å². The van der Waals surface area contributed by atoms with Gasteiger partial charge in [0.2, 0.25) is 11.9 Å². The zero-order valence-electron chi connectivity index (χ0n) is 24.0. The van der Waals surface area contributed by atoms with Gasteiger partial charge in [0, 0.05) is 80.7 Å². The van der Waals surface area contributed by atoms with Crippen LogP contribution in [0.5, 0.6) is 0 Å². The zero-order chi connectivity index (χ0) is 29.1. The number of anilines is 5. The molecule has 13 nitrogen and oxygen atoms in total. The summed E-state index contributed by atoms with van der Waals surface area (Å²) in [5.74, 6) is 1.50. The molecule has 3 N–H and O–H groups in total. The van der Waals surface area contributed by atoms with Gasteiger partial charge in [0.15, 0.2) is 18.0 Å². The maximum atomic E-state index is 12.8. The summed E-state index contributed by atoms with van der Waals surface area (Å²) in [6.45, 7) is 12.6. The highest BCUT2D eigenvalue weighted by molar-refractivity contribution is 7.96. The Balaban J connectivity index is 1.14. The molecular formula is C28H36N10O3S. The van der Waals surface area contributed by atoms with Crippen LogP contribution in [0.1, 0.15) is 18.1 Å². The standard InChI is InChI=1S/C28H36N10O3S/c1-3-35-8-10-36(11-9-35)21-4-5-23(19(2)16-21)32-28(39)41-42-38-7-6-22-24(20-17-30-26(29)31-18-20)33-27(34-25(22)38)37-12-14-40-15-13-37/h4-5,16-18H,3,6-15H2,1-2H3,(H,32,39)(H2,29,30,31). The minimum atomic E-state index is -0.546. The summed E-state index contributed by atoms with van der Waals surface area (Å²) in [6.07, 6.45) is 3.48. The van der Waals surface area contributed by atoms with Crippen LogP contribution in [0, 0.1) is 6.92 Å². The molecular weight excluding hydrogens is 556 g/mol. The number of morpholine rings is 1. The van der Waals surface area contributed by atoms with Crippen LogP contribution < -0.4 is 25.2 Å². The summed E-state index contributed by atoms with van der Waals surface area (Å²) in [7, 11) is 0. The Hall–Kier alpha value is -3.88. The van der Waals surface area contributed by atoms with Crippen molar-refractivity contribution in [2.45, 2.75) is 20.3 Å². The molecule has 0 atom stereocenters. The van der Waals surface area contributed by atoms with Crippen LogP contribution in [0.3, 0.4) is 0 Å². The fraction of sp³-hybridized carbons (Fsp3) is 0.464. The first kappa shape index (κ1) is 28.2. The lowest BCUT2D eigenvalue weighted by Gasteiger charge is -2.35. The van der Waals surface area contributed by atoms with Crippen molar-refractivity contribution in [2.24, 2.45) is 0 Å². The SMILES string of the molecule is CCN1CCN(c2ccc(NC(=O)OSN3CCc4c(-c5cnc(N)nc5)nc(N5CCOCC5)nc43)c(C)c2)CC1. The van der Waals surface area contributed by atoms with E-state index in [9.17, 15) is 4.79 Å². The van der Waals surface area contributed by atoms with Gasteiger partial charge in [-0.3, -0.25) is 9.62 Å². The predicted molar refractivity (Wildman–Crippen MR) is 165 cm³/mol. The maximum Gasteiger partial charge on any atom is 0.425 e. The van der Waals surface area contributed by atoms with Crippen molar-refractivity contribution in [1.29, 1.82) is 0 Å². The number of hydrogen-bond acceptors (Lipinski definition) is 13. The molecule has 2 aromatic heterocycles. The second kappa shape index (κ2) is 12.5. The normalized spacial score (nSPS) is 17.3. The molecule has 42 heavy (non-hydrogen) atoms. The predicted octanol–water partition coefficient (Wildman–Crippen LogP) is 2.98. The number of nitrogen functional groups attached to an aromatic ring is 1. The molecule has 3 aromatic rings. The van der Waals surface area contributed by atoms with E-state index in [-0.39, 0.29) is 5.95 Å². The summed E-state index contributed by atoms with van der Waals surface area (Å²) < 4.78 is 13.0. The number of likely N-dealkylation sites (N-methyl/N-ethyl adjacent to an activating group) is 1. The average molecular weight is 593 g/mol. The number of carbonyl (C=O) groups is 1. The van der Waals surface area contributed by atoms with Crippen LogP contribution in [0.25, 0.3) is 11.3 Å². The van der Waals surface area contributed by atoms with Crippen molar-refractivity contribution < 1.29 is 13.7 Å². The lowest BCUT2D eigenvalue weighted by atomic mass is 10.1. The molecule has 3 aliphatic heterocycles. The first-order valence-electron chi connectivity index (χ1n) is 14.3. The summed E-state index contributed by atoms with van der Waals surface area (Å²) in [5.41, 5.74) is 11.1. The first-order chi connectivity index (χ1) is 20.5. The molecule has 222 valence electrons. The fourth-order valence-corrected chi connectivity index (χ4v) is 6.00. The quantitative estimate of drug-likeness (QED) is 0.307. The number of benzene rings is 1. The van der Waals surface area contributed by atoms with E-state index in [0.29, 0.717) is 51.0 Å².